The van der Waals surface area contributed by atoms with Crippen molar-refractivity contribution in [2.24, 2.45) is 0 Å². The zero-order chi connectivity index (χ0) is 22.0. The topological polar surface area (TPSA) is 75.7 Å². The van der Waals surface area contributed by atoms with E-state index in [-0.39, 0.29) is 23.4 Å². The van der Waals surface area contributed by atoms with Gasteiger partial charge in [-0.1, -0.05) is 60.7 Å². The summed E-state index contributed by atoms with van der Waals surface area (Å²) in [6.45, 7) is 1.97. The van der Waals surface area contributed by atoms with Crippen molar-refractivity contribution in [2.75, 3.05) is 7.11 Å². The summed E-state index contributed by atoms with van der Waals surface area (Å²) >= 11 is 0. The molecule has 1 aliphatic rings. The van der Waals surface area contributed by atoms with Gasteiger partial charge in [-0.2, -0.15) is 4.31 Å². The van der Waals surface area contributed by atoms with Crippen LogP contribution in [0.1, 0.15) is 35.7 Å². The molecule has 1 aliphatic heterocycles. The van der Waals surface area contributed by atoms with Gasteiger partial charge in [0.25, 0.3) is 0 Å². The number of nitrogens with one attached hydrogen (secondary N) is 1. The highest BCUT2D eigenvalue weighted by atomic mass is 32.2. The van der Waals surface area contributed by atoms with Gasteiger partial charge < -0.3 is 10.1 Å². The molecule has 1 amide bonds. The molecule has 1 N–H and O–H groups in total. The van der Waals surface area contributed by atoms with Crippen molar-refractivity contribution in [1.29, 1.82) is 0 Å². The maximum Gasteiger partial charge on any atom is 0.244 e. The summed E-state index contributed by atoms with van der Waals surface area (Å²) in [5.74, 6) is 0.334. The fourth-order valence-corrected chi connectivity index (χ4v) is 5.62. The fraction of sp³-hybridized carbons (Fsp3) is 0.208. The van der Waals surface area contributed by atoms with E-state index in [1.54, 1.807) is 55.6 Å². The first-order chi connectivity index (χ1) is 14.9. The Labute approximate surface area is 182 Å². The quantitative estimate of drug-likeness (QED) is 0.637. The van der Waals surface area contributed by atoms with Crippen molar-refractivity contribution >= 4 is 15.9 Å². The van der Waals surface area contributed by atoms with Gasteiger partial charge in [0.15, 0.2) is 0 Å². The minimum Gasteiger partial charge on any atom is -0.497 e. The molecule has 31 heavy (non-hydrogen) atoms. The van der Waals surface area contributed by atoms with Gasteiger partial charge >= 0.3 is 0 Å². The maximum atomic E-state index is 13.3. The number of hydrogen-bond acceptors (Lipinski definition) is 4. The van der Waals surface area contributed by atoms with Gasteiger partial charge in [0.05, 0.1) is 18.0 Å². The molecule has 3 aromatic carbocycles. The minimum atomic E-state index is -3.81. The molecule has 0 radical (unpaired) electrons. The van der Waals surface area contributed by atoms with Crippen LogP contribution in [0.3, 0.4) is 0 Å². The molecule has 160 valence electrons. The number of methoxy groups -OCH3 is 1. The Kier molecular flexibility index (Phi) is 5.80. The van der Waals surface area contributed by atoms with Crippen LogP contribution in [0.4, 0.5) is 0 Å². The number of rotatable bonds is 6. The number of carbonyl (C=O) groups is 1. The van der Waals surface area contributed by atoms with E-state index >= 15 is 0 Å². The molecule has 0 saturated carbocycles. The van der Waals surface area contributed by atoms with Crippen LogP contribution in [-0.2, 0) is 21.4 Å². The highest BCUT2D eigenvalue weighted by molar-refractivity contribution is 7.89. The molecule has 4 rings (SSSR count). The van der Waals surface area contributed by atoms with Gasteiger partial charge in [-0.15, -0.1) is 0 Å². The molecule has 0 spiro atoms. The molecule has 1 heterocycles. The first-order valence-electron chi connectivity index (χ1n) is 10.0. The molecule has 0 fully saturated rings. The van der Waals surface area contributed by atoms with Gasteiger partial charge in [0, 0.05) is 6.54 Å². The van der Waals surface area contributed by atoms with E-state index in [9.17, 15) is 13.2 Å². The molecular formula is C24H24N2O4S. The monoisotopic (exact) mass is 436 g/mol. The summed E-state index contributed by atoms with van der Waals surface area (Å²) in [7, 11) is -2.24. The highest BCUT2D eigenvalue weighted by Gasteiger charge is 2.46. The van der Waals surface area contributed by atoms with Gasteiger partial charge in [-0.3, -0.25) is 4.79 Å². The van der Waals surface area contributed by atoms with E-state index in [0.29, 0.717) is 11.3 Å². The average Bonchev–Trinajstić information content (AvgIpc) is 3.01. The van der Waals surface area contributed by atoms with Crippen molar-refractivity contribution in [3.8, 4) is 5.75 Å². The number of fused-ring (bicyclic) bond motifs is 1. The Balaban J connectivity index is 1.67. The van der Waals surface area contributed by atoms with Crippen LogP contribution in [0.2, 0.25) is 0 Å². The Morgan fingerprint density at radius 2 is 1.65 bits per heavy atom. The molecule has 2 atom stereocenters. The highest BCUT2D eigenvalue weighted by Crippen LogP contribution is 2.41. The van der Waals surface area contributed by atoms with Crippen molar-refractivity contribution in [2.45, 2.75) is 30.4 Å². The number of amides is 1. The Morgan fingerprint density at radius 3 is 2.32 bits per heavy atom. The number of sulfonamides is 1. The van der Waals surface area contributed by atoms with Crippen molar-refractivity contribution in [3.63, 3.8) is 0 Å². The lowest BCUT2D eigenvalue weighted by atomic mass is 10.0. The van der Waals surface area contributed by atoms with Crippen LogP contribution in [0, 0.1) is 0 Å². The van der Waals surface area contributed by atoms with E-state index in [2.05, 4.69) is 5.32 Å². The molecule has 1 unspecified atom stereocenters. The van der Waals surface area contributed by atoms with E-state index < -0.39 is 16.1 Å². The van der Waals surface area contributed by atoms with Crippen LogP contribution in [0.15, 0.2) is 83.8 Å². The first-order valence-corrected chi connectivity index (χ1v) is 11.4. The number of hydrogen-bond donors (Lipinski definition) is 1. The lowest BCUT2D eigenvalue weighted by Gasteiger charge is -2.25. The van der Waals surface area contributed by atoms with Gasteiger partial charge in [-0.05, 0) is 41.8 Å². The predicted octanol–water partition coefficient (Wildman–Crippen LogP) is 3.82. The summed E-state index contributed by atoms with van der Waals surface area (Å²) in [6.07, 6.45) is 0. The number of nitrogens with zero attached hydrogens (tertiary/aromatic N) is 1. The van der Waals surface area contributed by atoms with E-state index in [1.165, 1.54) is 4.31 Å². The van der Waals surface area contributed by atoms with Crippen LogP contribution in [-0.4, -0.2) is 25.7 Å². The second-order valence-electron chi connectivity index (χ2n) is 7.48. The number of carbonyl (C=O) groups excluding carboxylic acids is 1. The Bertz CT molecular complexity index is 1180. The number of benzene rings is 3. The fourth-order valence-electron chi connectivity index (χ4n) is 3.84. The van der Waals surface area contributed by atoms with Crippen LogP contribution >= 0.6 is 0 Å². The summed E-state index contributed by atoms with van der Waals surface area (Å²) < 4.78 is 33.1. The van der Waals surface area contributed by atoms with Gasteiger partial charge in [-0.25, -0.2) is 8.42 Å². The van der Waals surface area contributed by atoms with Crippen molar-refractivity contribution < 1.29 is 17.9 Å². The zero-order valence-electron chi connectivity index (χ0n) is 17.4. The van der Waals surface area contributed by atoms with Crippen LogP contribution in [0.25, 0.3) is 0 Å². The molecule has 3 aromatic rings. The van der Waals surface area contributed by atoms with Crippen molar-refractivity contribution in [3.05, 3.63) is 95.6 Å². The smallest absolute Gasteiger partial charge is 0.244 e. The summed E-state index contributed by atoms with van der Waals surface area (Å²) in [4.78, 5) is 13.5. The second-order valence-corrected chi connectivity index (χ2v) is 9.34. The molecule has 0 aliphatic carbocycles. The van der Waals surface area contributed by atoms with Crippen LogP contribution in [0.5, 0.6) is 5.75 Å². The lowest BCUT2D eigenvalue weighted by Crippen LogP contribution is -2.39. The third kappa shape index (κ3) is 4.06. The zero-order valence-corrected chi connectivity index (χ0v) is 18.2. The van der Waals surface area contributed by atoms with Crippen LogP contribution < -0.4 is 10.1 Å². The summed E-state index contributed by atoms with van der Waals surface area (Å²) in [6, 6.07) is 22.2. The van der Waals surface area contributed by atoms with Crippen molar-refractivity contribution in [1.82, 2.24) is 9.62 Å². The standard InChI is InChI=1S/C24H24N2O4S/c1-17(19-8-4-3-5-9-19)25-24(27)23-21-10-6-7-11-22(21)31(28,29)26(23)16-18-12-14-20(30-2)15-13-18/h3-15,17,23H,16H2,1-2H3,(H,25,27)/t17-,23?/m0/s1. The summed E-state index contributed by atoms with van der Waals surface area (Å²) in [5, 5.41) is 2.99. The second kappa shape index (κ2) is 8.53. The predicted molar refractivity (Wildman–Crippen MR) is 118 cm³/mol. The Hall–Kier alpha value is -3.16. The van der Waals surface area contributed by atoms with E-state index in [0.717, 1.165) is 11.1 Å². The Morgan fingerprint density at radius 1 is 1.00 bits per heavy atom. The molecule has 6 nitrogen and oxygen atoms in total. The normalized spacial score (nSPS) is 18.2. The lowest BCUT2D eigenvalue weighted by molar-refractivity contribution is -0.125. The molecule has 0 saturated heterocycles. The molecule has 0 aromatic heterocycles. The number of ether oxygens (including phenoxy) is 1. The minimum absolute atomic E-state index is 0.0822. The summed E-state index contributed by atoms with van der Waals surface area (Å²) in [5.41, 5.74) is 2.21. The third-order valence-electron chi connectivity index (χ3n) is 5.49. The maximum absolute atomic E-state index is 13.3. The molecular weight excluding hydrogens is 412 g/mol. The average molecular weight is 437 g/mol. The largest absolute Gasteiger partial charge is 0.497 e. The SMILES string of the molecule is COc1ccc(CN2C(C(=O)N[C@@H](C)c3ccccc3)c3ccccc3S2(=O)=O)cc1. The van der Waals surface area contributed by atoms with Gasteiger partial charge in [0.2, 0.25) is 15.9 Å². The first kappa shape index (κ1) is 21.1. The molecule has 7 heteroatoms. The van der Waals surface area contributed by atoms with E-state index in [4.69, 9.17) is 4.74 Å². The van der Waals surface area contributed by atoms with Gasteiger partial charge in [0.1, 0.15) is 11.8 Å². The third-order valence-corrected chi connectivity index (χ3v) is 7.38. The van der Waals surface area contributed by atoms with E-state index in [1.807, 2.05) is 37.3 Å². The molecule has 0 bridgehead atoms.